The molecule has 3 rings (SSSR count). The minimum Gasteiger partial charge on any atom is -0.497 e. The van der Waals surface area contributed by atoms with Gasteiger partial charge in [-0.15, -0.1) is 0 Å². The Labute approximate surface area is 195 Å². The van der Waals surface area contributed by atoms with E-state index < -0.39 is 22.0 Å². The number of sulfonamides is 1. The standard InChI is InChI=1S/C23H23BrN2O5S/c1-30-18-10-13-20(22(15-18)31-2)25-23(27)21(14-16-6-4-3-5-7-16)26-32(28,29)19-11-8-17(24)9-12-19/h3-13,15,21,26H,14H2,1-2H3,(H,25,27)/t21-/m0/s1. The lowest BCUT2D eigenvalue weighted by Crippen LogP contribution is -2.45. The third-order valence-corrected chi connectivity index (χ3v) is 6.70. The highest BCUT2D eigenvalue weighted by Gasteiger charge is 2.27. The predicted molar refractivity (Wildman–Crippen MR) is 127 cm³/mol. The van der Waals surface area contributed by atoms with Gasteiger partial charge in [-0.3, -0.25) is 4.79 Å². The monoisotopic (exact) mass is 518 g/mol. The second kappa shape index (κ2) is 10.6. The van der Waals surface area contributed by atoms with E-state index >= 15 is 0 Å². The molecule has 0 spiro atoms. The number of nitrogens with one attached hydrogen (secondary N) is 2. The summed E-state index contributed by atoms with van der Waals surface area (Å²) in [7, 11) is -0.941. The minimum absolute atomic E-state index is 0.0635. The molecule has 0 radical (unpaired) electrons. The van der Waals surface area contributed by atoms with Crippen molar-refractivity contribution in [3.63, 3.8) is 0 Å². The van der Waals surface area contributed by atoms with Gasteiger partial charge in [-0.25, -0.2) is 8.42 Å². The van der Waals surface area contributed by atoms with Gasteiger partial charge in [0, 0.05) is 10.5 Å². The molecule has 0 unspecified atom stereocenters. The molecule has 3 aromatic carbocycles. The van der Waals surface area contributed by atoms with E-state index in [2.05, 4.69) is 26.0 Å². The van der Waals surface area contributed by atoms with Crippen LogP contribution in [0.2, 0.25) is 0 Å². The van der Waals surface area contributed by atoms with Crippen molar-refractivity contribution in [3.05, 3.63) is 82.8 Å². The fourth-order valence-electron chi connectivity index (χ4n) is 3.03. The van der Waals surface area contributed by atoms with Crippen LogP contribution in [0.3, 0.4) is 0 Å². The van der Waals surface area contributed by atoms with Crippen molar-refractivity contribution < 1.29 is 22.7 Å². The Hall–Kier alpha value is -2.88. The zero-order valence-corrected chi connectivity index (χ0v) is 19.9. The Kier molecular flexibility index (Phi) is 7.89. The number of methoxy groups -OCH3 is 2. The van der Waals surface area contributed by atoms with Gasteiger partial charge in [0.05, 0.1) is 24.8 Å². The highest BCUT2D eigenvalue weighted by molar-refractivity contribution is 9.10. The summed E-state index contributed by atoms with van der Waals surface area (Å²) in [5.74, 6) is 0.446. The number of halogens is 1. The molecule has 0 fully saturated rings. The van der Waals surface area contributed by atoms with Crippen molar-refractivity contribution >= 4 is 37.5 Å². The van der Waals surface area contributed by atoms with E-state index in [9.17, 15) is 13.2 Å². The highest BCUT2D eigenvalue weighted by atomic mass is 79.9. The minimum atomic E-state index is -3.94. The Bertz CT molecular complexity index is 1170. The lowest BCUT2D eigenvalue weighted by Gasteiger charge is -2.20. The summed E-state index contributed by atoms with van der Waals surface area (Å²) in [6.07, 6.45) is 0.168. The van der Waals surface area contributed by atoms with Crippen LogP contribution >= 0.6 is 15.9 Å². The Morgan fingerprint density at radius 1 is 0.969 bits per heavy atom. The number of ether oxygens (including phenoxy) is 2. The van der Waals surface area contributed by atoms with Crippen molar-refractivity contribution in [3.8, 4) is 11.5 Å². The summed E-state index contributed by atoms with van der Waals surface area (Å²) in [5.41, 5.74) is 1.21. The first-order valence-corrected chi connectivity index (χ1v) is 11.9. The van der Waals surface area contributed by atoms with Gasteiger partial charge in [-0.1, -0.05) is 46.3 Å². The van der Waals surface area contributed by atoms with Crippen LogP contribution in [0.5, 0.6) is 11.5 Å². The van der Waals surface area contributed by atoms with Gasteiger partial charge in [0.15, 0.2) is 0 Å². The molecule has 2 N–H and O–H groups in total. The molecule has 9 heteroatoms. The lowest BCUT2D eigenvalue weighted by atomic mass is 10.1. The molecule has 0 bridgehead atoms. The third-order valence-electron chi connectivity index (χ3n) is 4.69. The molecule has 0 aromatic heterocycles. The molecule has 7 nitrogen and oxygen atoms in total. The number of carbonyl (C=O) groups is 1. The number of rotatable bonds is 9. The first-order valence-electron chi connectivity index (χ1n) is 9.67. The molecule has 0 saturated carbocycles. The van der Waals surface area contributed by atoms with Crippen molar-refractivity contribution in [1.29, 1.82) is 0 Å². The van der Waals surface area contributed by atoms with Gasteiger partial charge in [-0.05, 0) is 48.4 Å². The number of benzene rings is 3. The molecule has 1 amide bonds. The summed E-state index contributed by atoms with van der Waals surface area (Å²) in [6.45, 7) is 0. The van der Waals surface area contributed by atoms with Gasteiger partial charge in [0.1, 0.15) is 17.5 Å². The van der Waals surface area contributed by atoms with Crippen LogP contribution in [-0.2, 0) is 21.2 Å². The third kappa shape index (κ3) is 6.09. The van der Waals surface area contributed by atoms with Gasteiger partial charge in [-0.2, -0.15) is 4.72 Å². The van der Waals surface area contributed by atoms with Crippen LogP contribution in [0.4, 0.5) is 5.69 Å². The fraction of sp³-hybridized carbons (Fsp3) is 0.174. The molecular formula is C23H23BrN2O5S. The predicted octanol–water partition coefficient (Wildman–Crippen LogP) is 3.99. The average Bonchev–Trinajstić information content (AvgIpc) is 2.79. The molecule has 0 aliphatic heterocycles. The zero-order valence-electron chi connectivity index (χ0n) is 17.5. The number of hydrogen-bond donors (Lipinski definition) is 2. The second-order valence-corrected chi connectivity index (χ2v) is 9.50. The van der Waals surface area contributed by atoms with Crippen LogP contribution < -0.4 is 19.5 Å². The Morgan fingerprint density at radius 3 is 2.28 bits per heavy atom. The molecule has 3 aromatic rings. The molecule has 0 saturated heterocycles. The van der Waals surface area contributed by atoms with Crippen LogP contribution in [0.15, 0.2) is 82.2 Å². The Balaban J connectivity index is 1.88. The summed E-state index contributed by atoms with van der Waals surface area (Å²) in [4.78, 5) is 13.2. The topological polar surface area (TPSA) is 93.7 Å². The van der Waals surface area contributed by atoms with Gasteiger partial charge >= 0.3 is 0 Å². The van der Waals surface area contributed by atoms with Gasteiger partial charge in [0.25, 0.3) is 0 Å². The first-order chi connectivity index (χ1) is 15.3. The molecule has 0 heterocycles. The van der Waals surface area contributed by atoms with Crippen molar-refractivity contribution in [2.24, 2.45) is 0 Å². The summed E-state index contributed by atoms with van der Waals surface area (Å²) >= 11 is 3.29. The lowest BCUT2D eigenvalue weighted by molar-refractivity contribution is -0.117. The van der Waals surface area contributed by atoms with Gasteiger partial charge < -0.3 is 14.8 Å². The smallest absolute Gasteiger partial charge is 0.243 e. The van der Waals surface area contributed by atoms with E-state index in [1.54, 1.807) is 30.3 Å². The quantitative estimate of drug-likeness (QED) is 0.446. The number of carbonyl (C=O) groups excluding carboxylic acids is 1. The fourth-order valence-corrected chi connectivity index (χ4v) is 4.49. The molecule has 0 aliphatic rings. The summed E-state index contributed by atoms with van der Waals surface area (Å²) in [5, 5.41) is 2.76. The van der Waals surface area contributed by atoms with E-state index in [4.69, 9.17) is 9.47 Å². The van der Waals surface area contributed by atoms with Crippen LogP contribution in [0, 0.1) is 0 Å². The molecule has 0 aliphatic carbocycles. The van der Waals surface area contributed by atoms with Crippen molar-refractivity contribution in [1.82, 2.24) is 4.72 Å². The van der Waals surface area contributed by atoms with Crippen LogP contribution in [0.25, 0.3) is 0 Å². The van der Waals surface area contributed by atoms with E-state index in [1.807, 2.05) is 30.3 Å². The maximum Gasteiger partial charge on any atom is 0.243 e. The highest BCUT2D eigenvalue weighted by Crippen LogP contribution is 2.29. The molecule has 168 valence electrons. The van der Waals surface area contributed by atoms with Crippen LogP contribution in [-0.4, -0.2) is 34.6 Å². The van der Waals surface area contributed by atoms with E-state index in [-0.39, 0.29) is 11.3 Å². The Morgan fingerprint density at radius 2 is 1.66 bits per heavy atom. The zero-order chi connectivity index (χ0) is 23.1. The van der Waals surface area contributed by atoms with Crippen molar-refractivity contribution in [2.45, 2.75) is 17.4 Å². The van der Waals surface area contributed by atoms with E-state index in [0.717, 1.165) is 10.0 Å². The van der Waals surface area contributed by atoms with E-state index in [0.29, 0.717) is 17.2 Å². The second-order valence-electron chi connectivity index (χ2n) is 6.87. The molecule has 32 heavy (non-hydrogen) atoms. The van der Waals surface area contributed by atoms with Gasteiger partial charge in [0.2, 0.25) is 15.9 Å². The maximum atomic E-state index is 13.2. The van der Waals surface area contributed by atoms with Crippen LogP contribution in [0.1, 0.15) is 5.56 Å². The van der Waals surface area contributed by atoms with E-state index in [1.165, 1.54) is 26.4 Å². The number of hydrogen-bond acceptors (Lipinski definition) is 5. The SMILES string of the molecule is COc1ccc(NC(=O)[C@H](Cc2ccccc2)NS(=O)(=O)c2ccc(Br)cc2)c(OC)c1. The normalized spacial score (nSPS) is 12.1. The molecule has 1 atom stereocenters. The average molecular weight is 519 g/mol. The largest absolute Gasteiger partial charge is 0.497 e. The first kappa shape index (κ1) is 23.8. The number of amides is 1. The molecular weight excluding hydrogens is 496 g/mol. The number of anilines is 1. The maximum absolute atomic E-state index is 13.2. The summed E-state index contributed by atoms with van der Waals surface area (Å²) in [6, 6.07) is 19.3. The van der Waals surface area contributed by atoms with Crippen molar-refractivity contribution in [2.75, 3.05) is 19.5 Å². The summed E-state index contributed by atoms with van der Waals surface area (Å²) < 4.78 is 39.7.